The van der Waals surface area contributed by atoms with Gasteiger partial charge in [0.25, 0.3) is 0 Å². The molecule has 1 aromatic carbocycles. The lowest BCUT2D eigenvalue weighted by Crippen LogP contribution is -2.34. The summed E-state index contributed by atoms with van der Waals surface area (Å²) in [4.78, 5) is 11.6. The molecule has 146 valence electrons. The van der Waals surface area contributed by atoms with Crippen LogP contribution in [-0.2, 0) is 16.3 Å². The Morgan fingerprint density at radius 2 is 1.67 bits per heavy atom. The van der Waals surface area contributed by atoms with E-state index in [1.807, 2.05) is 31.5 Å². The van der Waals surface area contributed by atoms with Crippen LogP contribution in [0.4, 0.5) is 5.95 Å². The average Bonchev–Trinajstić information content (AvgIpc) is 2.66. The van der Waals surface area contributed by atoms with Gasteiger partial charge in [0.1, 0.15) is 0 Å². The smallest absolute Gasteiger partial charge is 0.225 e. The van der Waals surface area contributed by atoms with Crippen molar-refractivity contribution in [2.24, 2.45) is 5.92 Å². The highest BCUT2D eigenvalue weighted by molar-refractivity contribution is 7.90. The summed E-state index contributed by atoms with van der Waals surface area (Å²) in [5.41, 5.74) is 2.31. The summed E-state index contributed by atoms with van der Waals surface area (Å²) in [6, 6.07) is 7.31. The van der Waals surface area contributed by atoms with E-state index in [0.717, 1.165) is 43.4 Å². The number of unbranched alkanes of at least 4 members (excludes halogenated alkanes) is 1. The zero-order valence-corrected chi connectivity index (χ0v) is 17.1. The van der Waals surface area contributed by atoms with Crippen molar-refractivity contribution in [3.05, 3.63) is 47.8 Å². The zero-order valence-electron chi connectivity index (χ0n) is 16.3. The average molecular weight is 388 g/mol. The number of benzene rings is 1. The molecule has 0 spiro atoms. The molecule has 0 bridgehead atoms. The number of aromatic nitrogens is 2. The lowest BCUT2D eigenvalue weighted by atomic mass is 9.91. The van der Waals surface area contributed by atoms with Crippen LogP contribution in [-0.4, -0.2) is 37.7 Å². The van der Waals surface area contributed by atoms with E-state index in [1.54, 1.807) is 12.1 Å². The number of rotatable bonds is 7. The van der Waals surface area contributed by atoms with Gasteiger partial charge in [0.15, 0.2) is 9.84 Å². The van der Waals surface area contributed by atoms with Gasteiger partial charge in [-0.25, -0.2) is 18.4 Å². The van der Waals surface area contributed by atoms with E-state index < -0.39 is 9.84 Å². The molecule has 1 aliphatic heterocycles. The number of nitrogens with zero attached hydrogens (tertiary/aromatic N) is 3. The molecule has 0 amide bonds. The van der Waals surface area contributed by atoms with Crippen LogP contribution in [0, 0.1) is 12.8 Å². The summed E-state index contributed by atoms with van der Waals surface area (Å²) < 4.78 is 23.0. The van der Waals surface area contributed by atoms with Crippen molar-refractivity contribution in [3.8, 4) is 0 Å². The zero-order chi connectivity index (χ0) is 19.3. The van der Waals surface area contributed by atoms with Crippen molar-refractivity contribution in [2.75, 3.05) is 24.2 Å². The van der Waals surface area contributed by atoms with E-state index in [4.69, 9.17) is 0 Å². The third kappa shape index (κ3) is 5.76. The molecule has 1 saturated heterocycles. The van der Waals surface area contributed by atoms with Gasteiger partial charge >= 0.3 is 0 Å². The third-order valence-corrected chi connectivity index (χ3v) is 6.47. The second kappa shape index (κ2) is 8.83. The van der Waals surface area contributed by atoms with Gasteiger partial charge in [-0.15, -0.1) is 0 Å². The van der Waals surface area contributed by atoms with Crippen LogP contribution in [0.5, 0.6) is 0 Å². The first-order valence-corrected chi connectivity index (χ1v) is 11.6. The molecule has 5 nitrogen and oxygen atoms in total. The summed E-state index contributed by atoms with van der Waals surface area (Å²) >= 11 is 0. The molecule has 0 atom stereocenters. The standard InChI is InChI=1S/C21H29N3O2S/c1-17-15-22-21(23-16-17)24-13-11-19(12-14-24)6-4-3-5-18-7-9-20(10-8-18)27(2,25)26/h7-10,15-16,19H,3-6,11-14H2,1-2H3. The minimum atomic E-state index is -3.10. The van der Waals surface area contributed by atoms with E-state index in [-0.39, 0.29) is 0 Å². The molecule has 1 fully saturated rings. The van der Waals surface area contributed by atoms with E-state index in [2.05, 4.69) is 14.9 Å². The molecule has 6 heteroatoms. The number of aryl methyl sites for hydroxylation is 2. The van der Waals surface area contributed by atoms with E-state index in [9.17, 15) is 8.42 Å². The Kier molecular flexibility index (Phi) is 6.47. The second-order valence-electron chi connectivity index (χ2n) is 7.65. The summed E-state index contributed by atoms with van der Waals surface area (Å²) in [6.45, 7) is 4.09. The van der Waals surface area contributed by atoms with E-state index >= 15 is 0 Å². The van der Waals surface area contributed by atoms with Crippen molar-refractivity contribution in [3.63, 3.8) is 0 Å². The SMILES string of the molecule is Cc1cnc(N2CCC(CCCCc3ccc(S(C)(=O)=O)cc3)CC2)nc1. The monoisotopic (exact) mass is 387 g/mol. The third-order valence-electron chi connectivity index (χ3n) is 5.34. The lowest BCUT2D eigenvalue weighted by molar-refractivity contribution is 0.367. The molecule has 2 aromatic rings. The predicted octanol–water partition coefficient (Wildman–Crippen LogP) is 3.82. The Labute approximate surface area is 162 Å². The first-order chi connectivity index (χ1) is 12.9. The first kappa shape index (κ1) is 19.8. The Hall–Kier alpha value is -1.95. The van der Waals surface area contributed by atoms with Crippen molar-refractivity contribution in [1.29, 1.82) is 0 Å². The van der Waals surface area contributed by atoms with Crippen LogP contribution >= 0.6 is 0 Å². The fourth-order valence-corrected chi connectivity index (χ4v) is 4.27. The normalized spacial score (nSPS) is 15.9. The van der Waals surface area contributed by atoms with Crippen LogP contribution in [0.3, 0.4) is 0 Å². The molecule has 0 N–H and O–H groups in total. The molecule has 3 rings (SSSR count). The lowest BCUT2D eigenvalue weighted by Gasteiger charge is -2.32. The van der Waals surface area contributed by atoms with Gasteiger partial charge in [0, 0.05) is 31.7 Å². The first-order valence-electron chi connectivity index (χ1n) is 9.74. The number of anilines is 1. The highest BCUT2D eigenvalue weighted by Crippen LogP contribution is 2.25. The summed E-state index contributed by atoms with van der Waals surface area (Å²) in [5, 5.41) is 0. The Morgan fingerprint density at radius 3 is 2.26 bits per heavy atom. The second-order valence-corrected chi connectivity index (χ2v) is 9.67. The Balaban J connectivity index is 1.36. The fraction of sp³-hybridized carbons (Fsp3) is 0.524. The van der Waals surface area contributed by atoms with Gasteiger partial charge in [-0.05, 0) is 61.8 Å². The maximum atomic E-state index is 11.5. The maximum Gasteiger partial charge on any atom is 0.225 e. The maximum absolute atomic E-state index is 11.5. The highest BCUT2D eigenvalue weighted by Gasteiger charge is 2.20. The number of hydrogen-bond donors (Lipinski definition) is 0. The van der Waals surface area contributed by atoms with Gasteiger partial charge in [0.05, 0.1) is 4.90 Å². The quantitative estimate of drug-likeness (QED) is 0.676. The molecule has 2 heterocycles. The van der Waals surface area contributed by atoms with Crippen LogP contribution in [0.2, 0.25) is 0 Å². The predicted molar refractivity (Wildman–Crippen MR) is 109 cm³/mol. The molecular weight excluding hydrogens is 358 g/mol. The topological polar surface area (TPSA) is 63.2 Å². The number of hydrogen-bond acceptors (Lipinski definition) is 5. The van der Waals surface area contributed by atoms with Gasteiger partial charge in [-0.2, -0.15) is 0 Å². The van der Waals surface area contributed by atoms with Crippen LogP contribution in [0.25, 0.3) is 0 Å². The van der Waals surface area contributed by atoms with Crippen LogP contribution < -0.4 is 4.90 Å². The van der Waals surface area contributed by atoms with Gasteiger partial charge in [-0.3, -0.25) is 0 Å². The van der Waals surface area contributed by atoms with Crippen molar-refractivity contribution in [1.82, 2.24) is 9.97 Å². The molecule has 27 heavy (non-hydrogen) atoms. The van der Waals surface area contributed by atoms with Gasteiger partial charge < -0.3 is 4.90 Å². The van der Waals surface area contributed by atoms with Crippen molar-refractivity contribution < 1.29 is 8.42 Å². The van der Waals surface area contributed by atoms with Crippen molar-refractivity contribution >= 4 is 15.8 Å². The molecule has 0 aliphatic carbocycles. The van der Waals surface area contributed by atoms with Crippen LogP contribution in [0.1, 0.15) is 43.2 Å². The molecular formula is C21H29N3O2S. The number of piperidine rings is 1. The molecule has 0 radical (unpaired) electrons. The van der Waals surface area contributed by atoms with Gasteiger partial charge in [-0.1, -0.05) is 25.0 Å². The van der Waals surface area contributed by atoms with E-state index in [1.165, 1.54) is 37.5 Å². The molecule has 1 aromatic heterocycles. The minimum Gasteiger partial charge on any atom is -0.341 e. The number of sulfone groups is 1. The molecule has 1 aliphatic rings. The largest absolute Gasteiger partial charge is 0.341 e. The van der Waals surface area contributed by atoms with Gasteiger partial charge in [0.2, 0.25) is 5.95 Å². The van der Waals surface area contributed by atoms with E-state index in [0.29, 0.717) is 4.90 Å². The summed E-state index contributed by atoms with van der Waals surface area (Å²) in [5.74, 6) is 1.65. The van der Waals surface area contributed by atoms with Crippen molar-refractivity contribution in [2.45, 2.75) is 50.3 Å². The molecule has 0 saturated carbocycles. The summed E-state index contributed by atoms with van der Waals surface area (Å²) in [7, 11) is -3.10. The minimum absolute atomic E-state index is 0.399. The Bertz CT molecular complexity index is 825. The Morgan fingerprint density at radius 1 is 1.04 bits per heavy atom. The van der Waals surface area contributed by atoms with Crippen LogP contribution in [0.15, 0.2) is 41.6 Å². The highest BCUT2D eigenvalue weighted by atomic mass is 32.2. The molecule has 0 unspecified atom stereocenters. The fourth-order valence-electron chi connectivity index (χ4n) is 3.64. The summed E-state index contributed by atoms with van der Waals surface area (Å²) in [6.07, 6.45) is 12.1.